The minimum Gasteiger partial charge on any atom is -0.357 e. The number of aromatic nitrogens is 1. The van der Waals surface area contributed by atoms with Crippen LogP contribution in [0.4, 0.5) is 5.82 Å². The highest BCUT2D eigenvalue weighted by atomic mass is 15.2. The molecule has 1 aromatic rings. The number of anilines is 1. The number of pyridine rings is 1. The van der Waals surface area contributed by atoms with Crippen molar-refractivity contribution in [2.45, 2.75) is 25.3 Å². The highest BCUT2D eigenvalue weighted by Crippen LogP contribution is 2.16. The molecule has 90 valence electrons. The summed E-state index contributed by atoms with van der Waals surface area (Å²) in [4.78, 5) is 6.69. The highest BCUT2D eigenvalue weighted by Gasteiger charge is 2.18. The molecule has 1 N–H and O–H groups in total. The first-order chi connectivity index (χ1) is 8.40. The minimum absolute atomic E-state index is 0.559. The lowest BCUT2D eigenvalue weighted by Crippen LogP contribution is -2.43. The molecule has 0 saturated carbocycles. The topological polar surface area (TPSA) is 52.0 Å². The van der Waals surface area contributed by atoms with Gasteiger partial charge < -0.3 is 10.2 Å². The first-order valence-corrected chi connectivity index (χ1v) is 6.16. The van der Waals surface area contributed by atoms with Gasteiger partial charge >= 0.3 is 0 Å². The van der Waals surface area contributed by atoms with Gasteiger partial charge in [0.1, 0.15) is 5.82 Å². The second kappa shape index (κ2) is 6.21. The van der Waals surface area contributed by atoms with Crippen LogP contribution in [0.15, 0.2) is 24.4 Å². The maximum Gasteiger partial charge on any atom is 0.128 e. The van der Waals surface area contributed by atoms with Crippen molar-refractivity contribution >= 4 is 5.82 Å². The average molecular weight is 230 g/mol. The summed E-state index contributed by atoms with van der Waals surface area (Å²) in [5.74, 6) is 1.07. The Morgan fingerprint density at radius 2 is 2.24 bits per heavy atom. The van der Waals surface area contributed by atoms with E-state index in [-0.39, 0.29) is 0 Å². The number of rotatable bonds is 4. The molecule has 0 bridgehead atoms. The van der Waals surface area contributed by atoms with Crippen molar-refractivity contribution in [1.82, 2.24) is 10.3 Å². The maximum atomic E-state index is 8.48. The third-order valence-electron chi connectivity index (χ3n) is 3.14. The summed E-state index contributed by atoms with van der Waals surface area (Å²) in [6, 6.07) is 8.75. The van der Waals surface area contributed by atoms with E-state index in [9.17, 15) is 0 Å². The van der Waals surface area contributed by atoms with Gasteiger partial charge in [0.05, 0.1) is 6.07 Å². The van der Waals surface area contributed by atoms with Gasteiger partial charge in [-0.3, -0.25) is 0 Å². The Morgan fingerprint density at radius 1 is 1.41 bits per heavy atom. The van der Waals surface area contributed by atoms with E-state index in [1.807, 2.05) is 18.3 Å². The van der Waals surface area contributed by atoms with Crippen LogP contribution in [0.25, 0.3) is 0 Å². The van der Waals surface area contributed by atoms with Crippen LogP contribution in [0.2, 0.25) is 0 Å². The van der Waals surface area contributed by atoms with E-state index in [0.717, 1.165) is 38.3 Å². The first kappa shape index (κ1) is 11.9. The number of piperidine rings is 1. The Balaban J connectivity index is 1.77. The normalized spacial score (nSPS) is 16.8. The third kappa shape index (κ3) is 3.43. The molecule has 0 radical (unpaired) electrons. The standard InChI is InChI=1S/C13H18N4/c14-7-3-9-15-12-5-10-17(11-6-12)13-4-1-2-8-16-13/h1-2,4,8,12,15H,3,5-6,9-11H2. The molecular formula is C13H18N4. The summed E-state index contributed by atoms with van der Waals surface area (Å²) in [5, 5.41) is 11.9. The summed E-state index contributed by atoms with van der Waals surface area (Å²) in [6.07, 6.45) is 4.69. The van der Waals surface area contributed by atoms with Crippen LogP contribution in [0.3, 0.4) is 0 Å². The van der Waals surface area contributed by atoms with Crippen LogP contribution in [0, 0.1) is 11.3 Å². The van der Waals surface area contributed by atoms with Crippen molar-refractivity contribution in [3.05, 3.63) is 24.4 Å². The second-order valence-corrected chi connectivity index (χ2v) is 4.31. The largest absolute Gasteiger partial charge is 0.357 e. The summed E-state index contributed by atoms with van der Waals surface area (Å²) in [7, 11) is 0. The molecule has 17 heavy (non-hydrogen) atoms. The zero-order valence-electron chi connectivity index (χ0n) is 9.97. The fourth-order valence-electron chi connectivity index (χ4n) is 2.19. The van der Waals surface area contributed by atoms with E-state index in [2.05, 4.69) is 27.3 Å². The molecule has 0 atom stereocenters. The zero-order chi connectivity index (χ0) is 11.9. The van der Waals surface area contributed by atoms with Gasteiger partial charge in [-0.15, -0.1) is 0 Å². The Morgan fingerprint density at radius 3 is 2.88 bits per heavy atom. The molecule has 0 aromatic carbocycles. The predicted molar refractivity (Wildman–Crippen MR) is 67.7 cm³/mol. The molecular weight excluding hydrogens is 212 g/mol. The second-order valence-electron chi connectivity index (χ2n) is 4.31. The lowest BCUT2D eigenvalue weighted by atomic mass is 10.0. The fourth-order valence-corrected chi connectivity index (χ4v) is 2.19. The number of nitriles is 1. The SMILES string of the molecule is N#CCCNC1CCN(c2ccccn2)CC1. The van der Waals surface area contributed by atoms with Crippen molar-refractivity contribution in [3.8, 4) is 6.07 Å². The predicted octanol–water partition coefficient (Wildman–Crippen LogP) is 1.55. The third-order valence-corrected chi connectivity index (χ3v) is 3.14. The first-order valence-electron chi connectivity index (χ1n) is 6.16. The molecule has 0 amide bonds. The lowest BCUT2D eigenvalue weighted by Gasteiger charge is -2.33. The molecule has 1 fully saturated rings. The molecule has 2 rings (SSSR count). The van der Waals surface area contributed by atoms with E-state index in [4.69, 9.17) is 5.26 Å². The van der Waals surface area contributed by atoms with Crippen molar-refractivity contribution in [2.24, 2.45) is 0 Å². The summed E-state index contributed by atoms with van der Waals surface area (Å²) < 4.78 is 0. The Hall–Kier alpha value is -1.60. The van der Waals surface area contributed by atoms with E-state index in [1.165, 1.54) is 0 Å². The monoisotopic (exact) mass is 230 g/mol. The fraction of sp³-hybridized carbons (Fsp3) is 0.538. The maximum absolute atomic E-state index is 8.48. The Kier molecular flexibility index (Phi) is 4.34. The molecule has 0 aliphatic carbocycles. The van der Waals surface area contributed by atoms with Gasteiger partial charge in [0.15, 0.2) is 0 Å². The molecule has 1 aliphatic heterocycles. The van der Waals surface area contributed by atoms with Crippen LogP contribution >= 0.6 is 0 Å². The van der Waals surface area contributed by atoms with Crippen molar-refractivity contribution < 1.29 is 0 Å². The van der Waals surface area contributed by atoms with Crippen LogP contribution in [-0.2, 0) is 0 Å². The smallest absolute Gasteiger partial charge is 0.128 e. The van der Waals surface area contributed by atoms with E-state index in [1.54, 1.807) is 0 Å². The molecule has 1 aliphatic rings. The van der Waals surface area contributed by atoms with Gasteiger partial charge in [-0.05, 0) is 25.0 Å². The summed E-state index contributed by atoms with van der Waals surface area (Å²) in [6.45, 7) is 2.90. The Labute approximate surface area is 102 Å². The van der Waals surface area contributed by atoms with Crippen LogP contribution in [0.1, 0.15) is 19.3 Å². The number of hydrogen-bond acceptors (Lipinski definition) is 4. The molecule has 0 spiro atoms. The van der Waals surface area contributed by atoms with Gasteiger partial charge in [-0.2, -0.15) is 5.26 Å². The van der Waals surface area contributed by atoms with Gasteiger partial charge in [-0.1, -0.05) is 6.07 Å². The molecule has 4 nitrogen and oxygen atoms in total. The average Bonchev–Trinajstić information content (AvgIpc) is 2.41. The number of nitrogens with zero attached hydrogens (tertiary/aromatic N) is 3. The van der Waals surface area contributed by atoms with Crippen molar-refractivity contribution in [3.63, 3.8) is 0 Å². The minimum atomic E-state index is 0.559. The summed E-state index contributed by atoms with van der Waals surface area (Å²) in [5.41, 5.74) is 0. The van der Waals surface area contributed by atoms with Crippen LogP contribution in [-0.4, -0.2) is 30.7 Å². The van der Waals surface area contributed by atoms with Crippen molar-refractivity contribution in [1.29, 1.82) is 5.26 Å². The highest BCUT2D eigenvalue weighted by molar-refractivity contribution is 5.38. The van der Waals surface area contributed by atoms with Crippen LogP contribution in [0.5, 0.6) is 0 Å². The van der Waals surface area contributed by atoms with Gasteiger partial charge in [0.25, 0.3) is 0 Å². The summed E-state index contributed by atoms with van der Waals surface area (Å²) >= 11 is 0. The van der Waals surface area contributed by atoms with Crippen molar-refractivity contribution in [2.75, 3.05) is 24.5 Å². The van der Waals surface area contributed by atoms with Gasteiger partial charge in [-0.25, -0.2) is 4.98 Å². The zero-order valence-corrected chi connectivity index (χ0v) is 9.97. The molecule has 4 heteroatoms. The number of nitrogens with one attached hydrogen (secondary N) is 1. The van der Waals surface area contributed by atoms with E-state index >= 15 is 0 Å². The van der Waals surface area contributed by atoms with E-state index in [0.29, 0.717) is 12.5 Å². The van der Waals surface area contributed by atoms with Gasteiger partial charge in [0, 0.05) is 38.3 Å². The Bertz CT molecular complexity index is 363. The van der Waals surface area contributed by atoms with E-state index < -0.39 is 0 Å². The van der Waals surface area contributed by atoms with Gasteiger partial charge in [0.2, 0.25) is 0 Å². The molecule has 0 unspecified atom stereocenters. The molecule has 2 heterocycles. The van der Waals surface area contributed by atoms with Crippen LogP contribution < -0.4 is 10.2 Å². The molecule has 1 aromatic heterocycles. The quantitative estimate of drug-likeness (QED) is 0.797. The lowest BCUT2D eigenvalue weighted by molar-refractivity contribution is 0.418. The molecule has 1 saturated heterocycles. The number of hydrogen-bond donors (Lipinski definition) is 1.